The molecule has 0 spiro atoms. The number of hydrogen-bond acceptors (Lipinski definition) is 3. The number of methoxy groups -OCH3 is 1. The smallest absolute Gasteiger partial charge is 0.255 e. The fraction of sp³-hybridized carbons (Fsp3) is 0.0500. The predicted molar refractivity (Wildman–Crippen MR) is 103 cm³/mol. The van der Waals surface area contributed by atoms with Crippen LogP contribution in [0.15, 0.2) is 82.6 Å². The van der Waals surface area contributed by atoms with E-state index in [4.69, 9.17) is 16.3 Å². The molecular weight excluding hydrogens is 354 g/mol. The summed E-state index contributed by atoms with van der Waals surface area (Å²) in [6.07, 6.45) is 0. The van der Waals surface area contributed by atoms with E-state index in [1.807, 2.05) is 48.5 Å². The van der Waals surface area contributed by atoms with E-state index in [0.717, 1.165) is 21.2 Å². The van der Waals surface area contributed by atoms with Crippen LogP contribution in [-0.4, -0.2) is 13.0 Å². The molecule has 5 heteroatoms. The molecule has 0 radical (unpaired) electrons. The highest BCUT2D eigenvalue weighted by atomic mass is 35.5. The second-order valence-electron chi connectivity index (χ2n) is 5.23. The molecule has 0 atom stereocenters. The maximum absolute atomic E-state index is 12.5. The van der Waals surface area contributed by atoms with Crippen molar-refractivity contribution in [3.63, 3.8) is 0 Å². The Bertz CT molecular complexity index is 864. The van der Waals surface area contributed by atoms with Crippen LogP contribution in [-0.2, 0) is 0 Å². The van der Waals surface area contributed by atoms with Gasteiger partial charge >= 0.3 is 0 Å². The van der Waals surface area contributed by atoms with Gasteiger partial charge in [0.1, 0.15) is 5.75 Å². The summed E-state index contributed by atoms with van der Waals surface area (Å²) in [6.45, 7) is 0. The molecule has 0 aliphatic rings. The number of rotatable bonds is 5. The lowest BCUT2D eigenvalue weighted by Gasteiger charge is -2.11. The number of nitrogens with one attached hydrogen (secondary N) is 1. The Balaban J connectivity index is 1.77. The van der Waals surface area contributed by atoms with Crippen molar-refractivity contribution in [2.24, 2.45) is 0 Å². The lowest BCUT2D eigenvalue weighted by Crippen LogP contribution is -2.12. The number of amides is 1. The highest BCUT2D eigenvalue weighted by Gasteiger charge is 2.10. The van der Waals surface area contributed by atoms with Gasteiger partial charge in [0, 0.05) is 20.4 Å². The van der Waals surface area contributed by atoms with Gasteiger partial charge in [0.15, 0.2) is 0 Å². The quantitative estimate of drug-likeness (QED) is 0.622. The Morgan fingerprint density at radius 3 is 2.32 bits per heavy atom. The first kappa shape index (κ1) is 17.4. The molecule has 0 aliphatic carbocycles. The minimum Gasteiger partial charge on any atom is -0.497 e. The van der Waals surface area contributed by atoms with Crippen molar-refractivity contribution in [3.05, 3.63) is 83.4 Å². The summed E-state index contributed by atoms with van der Waals surface area (Å²) in [4.78, 5) is 14.5. The zero-order valence-corrected chi connectivity index (χ0v) is 15.1. The number of carbonyl (C=O) groups is 1. The molecule has 0 aliphatic heterocycles. The van der Waals surface area contributed by atoms with Crippen LogP contribution in [0.1, 0.15) is 10.4 Å². The largest absolute Gasteiger partial charge is 0.497 e. The second-order valence-corrected chi connectivity index (χ2v) is 6.79. The minimum absolute atomic E-state index is 0.160. The number of carbonyl (C=O) groups excluding carboxylic acids is 1. The normalized spacial score (nSPS) is 10.3. The zero-order chi connectivity index (χ0) is 17.6. The SMILES string of the molecule is COc1ccc(C(=O)Nc2ccccc2Sc2ccc(Cl)cc2)cc1. The first-order valence-electron chi connectivity index (χ1n) is 7.63. The topological polar surface area (TPSA) is 38.3 Å². The average Bonchev–Trinajstić information content (AvgIpc) is 2.65. The molecule has 3 aromatic carbocycles. The fourth-order valence-corrected chi connectivity index (χ4v) is 3.25. The first-order chi connectivity index (χ1) is 12.2. The maximum Gasteiger partial charge on any atom is 0.255 e. The number of anilines is 1. The number of hydrogen-bond donors (Lipinski definition) is 1. The third-order valence-electron chi connectivity index (χ3n) is 3.53. The summed E-state index contributed by atoms with van der Waals surface area (Å²) in [6, 6.07) is 22.3. The van der Waals surface area contributed by atoms with Crippen molar-refractivity contribution in [1.29, 1.82) is 0 Å². The molecule has 0 heterocycles. The predicted octanol–water partition coefficient (Wildman–Crippen LogP) is 5.75. The monoisotopic (exact) mass is 369 g/mol. The Hall–Kier alpha value is -2.43. The van der Waals surface area contributed by atoms with E-state index in [0.29, 0.717) is 10.6 Å². The second kappa shape index (κ2) is 8.10. The van der Waals surface area contributed by atoms with Gasteiger partial charge in [-0.3, -0.25) is 4.79 Å². The van der Waals surface area contributed by atoms with Gasteiger partial charge in [0.05, 0.1) is 12.8 Å². The molecule has 25 heavy (non-hydrogen) atoms. The van der Waals surface area contributed by atoms with Gasteiger partial charge in [-0.05, 0) is 60.7 Å². The van der Waals surface area contributed by atoms with E-state index >= 15 is 0 Å². The average molecular weight is 370 g/mol. The van der Waals surface area contributed by atoms with Crippen LogP contribution in [0.5, 0.6) is 5.75 Å². The van der Waals surface area contributed by atoms with Crippen LogP contribution in [0.4, 0.5) is 5.69 Å². The number of ether oxygens (including phenoxy) is 1. The van der Waals surface area contributed by atoms with E-state index in [9.17, 15) is 4.79 Å². The van der Waals surface area contributed by atoms with E-state index < -0.39 is 0 Å². The molecule has 0 saturated carbocycles. The maximum atomic E-state index is 12.5. The Labute approximate surface area is 156 Å². The molecule has 1 amide bonds. The molecule has 0 aromatic heterocycles. The van der Waals surface area contributed by atoms with Crippen molar-refractivity contribution >= 4 is 35.0 Å². The van der Waals surface area contributed by atoms with Crippen molar-refractivity contribution in [2.45, 2.75) is 9.79 Å². The van der Waals surface area contributed by atoms with E-state index in [2.05, 4.69) is 5.32 Å². The van der Waals surface area contributed by atoms with Gasteiger partial charge in [-0.1, -0.05) is 35.5 Å². The standard InChI is InChI=1S/C20H16ClNO2S/c1-24-16-10-6-14(7-11-16)20(23)22-18-4-2-3-5-19(18)25-17-12-8-15(21)9-13-17/h2-13H,1H3,(H,22,23). The lowest BCUT2D eigenvalue weighted by atomic mass is 10.2. The molecule has 3 rings (SSSR count). The molecule has 3 nitrogen and oxygen atoms in total. The number of halogens is 1. The van der Waals surface area contributed by atoms with Crippen LogP contribution in [0, 0.1) is 0 Å². The van der Waals surface area contributed by atoms with E-state index in [1.165, 1.54) is 0 Å². The molecule has 126 valence electrons. The van der Waals surface area contributed by atoms with Crippen molar-refractivity contribution in [3.8, 4) is 5.75 Å². The molecular formula is C20H16ClNO2S. The van der Waals surface area contributed by atoms with Gasteiger partial charge in [-0.25, -0.2) is 0 Å². The Morgan fingerprint density at radius 2 is 1.64 bits per heavy atom. The lowest BCUT2D eigenvalue weighted by molar-refractivity contribution is 0.102. The van der Waals surface area contributed by atoms with Crippen molar-refractivity contribution in [1.82, 2.24) is 0 Å². The van der Waals surface area contributed by atoms with Crippen LogP contribution in [0.25, 0.3) is 0 Å². The summed E-state index contributed by atoms with van der Waals surface area (Å²) >= 11 is 7.50. The zero-order valence-electron chi connectivity index (χ0n) is 13.5. The highest BCUT2D eigenvalue weighted by molar-refractivity contribution is 7.99. The number of benzene rings is 3. The van der Waals surface area contributed by atoms with Crippen molar-refractivity contribution < 1.29 is 9.53 Å². The fourth-order valence-electron chi connectivity index (χ4n) is 2.23. The summed E-state index contributed by atoms with van der Waals surface area (Å²) in [7, 11) is 1.60. The first-order valence-corrected chi connectivity index (χ1v) is 8.83. The summed E-state index contributed by atoms with van der Waals surface area (Å²) in [5, 5.41) is 3.67. The third-order valence-corrected chi connectivity index (χ3v) is 4.86. The van der Waals surface area contributed by atoms with Crippen molar-refractivity contribution in [2.75, 3.05) is 12.4 Å². The molecule has 0 fully saturated rings. The molecule has 0 bridgehead atoms. The van der Waals surface area contributed by atoms with Crippen LogP contribution < -0.4 is 10.1 Å². The van der Waals surface area contributed by atoms with Gasteiger partial charge in [0.25, 0.3) is 5.91 Å². The van der Waals surface area contributed by atoms with Crippen LogP contribution in [0.3, 0.4) is 0 Å². The summed E-state index contributed by atoms with van der Waals surface area (Å²) in [5.41, 5.74) is 1.34. The van der Waals surface area contributed by atoms with E-state index in [1.54, 1.807) is 43.1 Å². The Morgan fingerprint density at radius 1 is 0.960 bits per heavy atom. The highest BCUT2D eigenvalue weighted by Crippen LogP contribution is 2.34. The van der Waals surface area contributed by atoms with Crippen LogP contribution >= 0.6 is 23.4 Å². The third kappa shape index (κ3) is 4.56. The molecule has 3 aromatic rings. The summed E-state index contributed by atoms with van der Waals surface area (Å²) in [5.74, 6) is 0.557. The van der Waals surface area contributed by atoms with Gasteiger partial charge in [-0.2, -0.15) is 0 Å². The number of para-hydroxylation sites is 1. The molecule has 0 unspecified atom stereocenters. The Kier molecular flexibility index (Phi) is 5.64. The van der Waals surface area contributed by atoms with Gasteiger partial charge in [-0.15, -0.1) is 0 Å². The molecule has 0 saturated heterocycles. The van der Waals surface area contributed by atoms with E-state index in [-0.39, 0.29) is 5.91 Å². The molecule has 1 N–H and O–H groups in total. The van der Waals surface area contributed by atoms with Gasteiger partial charge in [0.2, 0.25) is 0 Å². The van der Waals surface area contributed by atoms with Gasteiger partial charge < -0.3 is 10.1 Å². The summed E-state index contributed by atoms with van der Waals surface area (Å²) < 4.78 is 5.12. The van der Waals surface area contributed by atoms with Crippen LogP contribution in [0.2, 0.25) is 5.02 Å². The minimum atomic E-state index is -0.160.